The summed E-state index contributed by atoms with van der Waals surface area (Å²) in [6.07, 6.45) is 0. The van der Waals surface area contributed by atoms with Crippen molar-refractivity contribution in [2.75, 3.05) is 0 Å². The van der Waals surface area contributed by atoms with Crippen LogP contribution in [0.2, 0.25) is 0 Å². The predicted octanol–water partition coefficient (Wildman–Crippen LogP) is 0.346. The summed E-state index contributed by atoms with van der Waals surface area (Å²) in [5, 5.41) is 19.4. The maximum atomic E-state index is 9.68. The van der Waals surface area contributed by atoms with Crippen molar-refractivity contribution >= 4 is 0 Å². The maximum Gasteiger partial charge on any atom is 1.00 e. The first-order valence-electron chi connectivity index (χ1n) is 5.76. The van der Waals surface area contributed by atoms with E-state index in [-0.39, 0.29) is 70.3 Å². The van der Waals surface area contributed by atoms with Gasteiger partial charge in [0.2, 0.25) is 0 Å². The van der Waals surface area contributed by atoms with Crippen molar-refractivity contribution in [3.8, 4) is 11.5 Å². The Bertz CT molecular complexity index is 484. The van der Waals surface area contributed by atoms with Crippen molar-refractivity contribution in [2.45, 2.75) is 13.1 Å². The second kappa shape index (κ2) is 9.55. The van der Waals surface area contributed by atoms with Crippen molar-refractivity contribution in [2.24, 2.45) is 0 Å². The number of phenols is 2. The SMILES string of the molecule is [CH2-]N(Cc1ccccc1O)Cc1ccccc1O.[CH3-].[K+]. The summed E-state index contributed by atoms with van der Waals surface area (Å²) in [5.74, 6) is 0.534. The van der Waals surface area contributed by atoms with E-state index >= 15 is 0 Å². The molecular weight excluding hydrogens is 277 g/mol. The molecule has 0 aliphatic carbocycles. The Labute approximate surface area is 163 Å². The zero-order valence-corrected chi connectivity index (χ0v) is 15.2. The fraction of sp³-hybridized carbons (Fsp3) is 0.125. The van der Waals surface area contributed by atoms with Crippen LogP contribution in [0.1, 0.15) is 11.1 Å². The second-order valence-electron chi connectivity index (χ2n) is 4.24. The number of nitrogens with zero attached hydrogens (tertiary/aromatic N) is 1. The first-order valence-corrected chi connectivity index (χ1v) is 5.76. The third kappa shape index (κ3) is 5.56. The first kappa shape index (κ1) is 19.6. The van der Waals surface area contributed by atoms with Gasteiger partial charge in [-0.05, 0) is 25.2 Å². The Balaban J connectivity index is 0.00000180. The molecule has 2 aromatic rings. The van der Waals surface area contributed by atoms with Gasteiger partial charge in [-0.1, -0.05) is 36.4 Å². The molecule has 0 saturated carbocycles. The molecule has 0 fully saturated rings. The zero-order valence-electron chi connectivity index (χ0n) is 12.1. The molecule has 3 nitrogen and oxygen atoms in total. The summed E-state index contributed by atoms with van der Waals surface area (Å²) in [7, 11) is 3.92. The summed E-state index contributed by atoms with van der Waals surface area (Å²) in [4.78, 5) is 1.80. The Morgan fingerprint density at radius 2 is 1.15 bits per heavy atom. The van der Waals surface area contributed by atoms with Crippen LogP contribution in [0.5, 0.6) is 11.5 Å². The van der Waals surface area contributed by atoms with E-state index in [4.69, 9.17) is 0 Å². The van der Waals surface area contributed by atoms with E-state index in [1.54, 1.807) is 29.2 Å². The number of para-hydroxylation sites is 2. The average molecular weight is 296 g/mol. The van der Waals surface area contributed by atoms with E-state index in [9.17, 15) is 10.2 Å². The van der Waals surface area contributed by atoms with Crippen molar-refractivity contribution < 1.29 is 61.6 Å². The van der Waals surface area contributed by atoms with Gasteiger partial charge < -0.3 is 22.5 Å². The number of rotatable bonds is 4. The molecule has 0 radical (unpaired) electrons. The molecule has 0 spiro atoms. The van der Waals surface area contributed by atoms with Crippen LogP contribution in [0.15, 0.2) is 48.5 Å². The number of hydrogen-bond donors (Lipinski definition) is 2. The van der Waals surface area contributed by atoms with Gasteiger partial charge in [0.1, 0.15) is 11.5 Å². The molecule has 102 valence electrons. The standard InChI is InChI=1S/C15H16NO2.CH3.K/c1-16(10-12-6-2-4-8-14(12)17)11-13-7-3-5-9-15(13)18;;/h2-9,17-18H,1,10-11H2;1H3;/q2*-1;+1. The van der Waals surface area contributed by atoms with Crippen molar-refractivity contribution in [3.63, 3.8) is 0 Å². The molecule has 2 N–H and O–H groups in total. The largest absolute Gasteiger partial charge is 1.00 e. The first-order chi connectivity index (χ1) is 8.66. The monoisotopic (exact) mass is 296 g/mol. The van der Waals surface area contributed by atoms with Crippen LogP contribution in [-0.4, -0.2) is 15.1 Å². The van der Waals surface area contributed by atoms with E-state index < -0.39 is 0 Å². The van der Waals surface area contributed by atoms with Crippen molar-refractivity contribution in [3.05, 3.63) is 74.1 Å². The molecule has 0 saturated heterocycles. The van der Waals surface area contributed by atoms with E-state index in [2.05, 4.69) is 7.05 Å². The minimum Gasteiger partial charge on any atom is -0.508 e. The molecule has 20 heavy (non-hydrogen) atoms. The number of aromatic hydroxyl groups is 2. The topological polar surface area (TPSA) is 43.7 Å². The van der Waals surface area contributed by atoms with E-state index in [1.807, 2.05) is 24.3 Å². The summed E-state index contributed by atoms with van der Waals surface area (Å²) >= 11 is 0. The van der Waals surface area contributed by atoms with E-state index in [0.29, 0.717) is 13.1 Å². The molecule has 0 bridgehead atoms. The van der Waals surface area contributed by atoms with Crippen LogP contribution in [-0.2, 0) is 13.1 Å². The molecular formula is C16H19KNO2-. The summed E-state index contributed by atoms with van der Waals surface area (Å²) in [6.45, 7) is 1.06. The van der Waals surface area contributed by atoms with Crippen molar-refractivity contribution in [1.29, 1.82) is 0 Å². The van der Waals surface area contributed by atoms with Crippen LogP contribution in [0.25, 0.3) is 0 Å². The van der Waals surface area contributed by atoms with Gasteiger partial charge in [0.05, 0.1) is 0 Å². The molecule has 0 unspecified atom stereocenters. The Morgan fingerprint density at radius 1 is 0.800 bits per heavy atom. The molecule has 4 heteroatoms. The van der Waals surface area contributed by atoms with Gasteiger partial charge in [0.15, 0.2) is 0 Å². The number of phenolic OH excluding ortho intramolecular Hbond substituents is 2. The average Bonchev–Trinajstić information content (AvgIpc) is 2.35. The maximum absolute atomic E-state index is 9.68. The minimum absolute atomic E-state index is 0. The fourth-order valence-electron chi connectivity index (χ4n) is 1.83. The quantitative estimate of drug-likeness (QED) is 0.632. The van der Waals surface area contributed by atoms with Crippen LogP contribution in [0, 0.1) is 14.5 Å². The molecule has 0 aliphatic rings. The van der Waals surface area contributed by atoms with Crippen molar-refractivity contribution in [1.82, 2.24) is 4.90 Å². The van der Waals surface area contributed by atoms with E-state index in [0.717, 1.165) is 11.1 Å². The molecule has 0 heterocycles. The van der Waals surface area contributed by atoms with Gasteiger partial charge in [-0.2, -0.15) is 0 Å². The second-order valence-corrected chi connectivity index (χ2v) is 4.24. The van der Waals surface area contributed by atoms with Gasteiger partial charge in [-0.3, -0.25) is 7.05 Å². The van der Waals surface area contributed by atoms with E-state index in [1.165, 1.54) is 0 Å². The van der Waals surface area contributed by atoms with Crippen LogP contribution < -0.4 is 51.4 Å². The normalized spacial score (nSPS) is 9.70. The molecule has 0 aromatic heterocycles. The minimum atomic E-state index is 0. The molecule has 0 aliphatic heterocycles. The Morgan fingerprint density at radius 3 is 1.50 bits per heavy atom. The van der Waals surface area contributed by atoms with Gasteiger partial charge in [-0.15, -0.1) is 0 Å². The number of hydrogen-bond acceptors (Lipinski definition) is 3. The predicted molar refractivity (Wildman–Crippen MR) is 77.2 cm³/mol. The van der Waals surface area contributed by atoms with Gasteiger partial charge in [-0.25, -0.2) is 0 Å². The smallest absolute Gasteiger partial charge is 0.508 e. The van der Waals surface area contributed by atoms with Gasteiger partial charge in [0.25, 0.3) is 0 Å². The molecule has 0 amide bonds. The third-order valence-electron chi connectivity index (χ3n) is 2.77. The summed E-state index contributed by atoms with van der Waals surface area (Å²) < 4.78 is 0. The molecule has 2 aromatic carbocycles. The summed E-state index contributed by atoms with van der Waals surface area (Å²) in [6, 6.07) is 14.4. The van der Waals surface area contributed by atoms with Crippen LogP contribution in [0.4, 0.5) is 0 Å². The zero-order chi connectivity index (χ0) is 13.0. The Hall–Kier alpha value is -0.364. The van der Waals surface area contributed by atoms with Crippen LogP contribution in [0.3, 0.4) is 0 Å². The third-order valence-corrected chi connectivity index (χ3v) is 2.77. The van der Waals surface area contributed by atoms with Gasteiger partial charge in [0, 0.05) is 11.1 Å². The Kier molecular flexibility index (Phi) is 9.38. The van der Waals surface area contributed by atoms with Crippen LogP contribution >= 0.6 is 0 Å². The number of benzene rings is 2. The summed E-state index contributed by atoms with van der Waals surface area (Å²) in [5.41, 5.74) is 1.64. The molecule has 0 atom stereocenters. The molecule has 2 rings (SSSR count). The fourth-order valence-corrected chi connectivity index (χ4v) is 1.83. The van der Waals surface area contributed by atoms with Gasteiger partial charge >= 0.3 is 51.4 Å².